The maximum atomic E-state index is 12.2. The highest BCUT2D eigenvalue weighted by molar-refractivity contribution is 6.10. The van der Waals surface area contributed by atoms with Crippen molar-refractivity contribution in [1.29, 1.82) is 0 Å². The Labute approximate surface area is 98.7 Å². The lowest BCUT2D eigenvalue weighted by molar-refractivity contribution is 0.0979. The van der Waals surface area contributed by atoms with Crippen LogP contribution in [0.3, 0.4) is 0 Å². The molecule has 0 saturated carbocycles. The number of hydrogen-bond donors (Lipinski definition) is 2. The summed E-state index contributed by atoms with van der Waals surface area (Å²) in [6, 6.07) is 13.8. The molecule has 1 aliphatic rings. The SMILES string of the molecule is O=C1c2ccccc2NC1c1ccc(O)cc1. The van der Waals surface area contributed by atoms with E-state index >= 15 is 0 Å². The van der Waals surface area contributed by atoms with Crippen LogP contribution in [0, 0.1) is 0 Å². The molecular weight excluding hydrogens is 214 g/mol. The van der Waals surface area contributed by atoms with Crippen molar-refractivity contribution in [2.24, 2.45) is 0 Å². The maximum Gasteiger partial charge on any atom is 0.191 e. The van der Waals surface area contributed by atoms with Crippen molar-refractivity contribution in [3.63, 3.8) is 0 Å². The summed E-state index contributed by atoms with van der Waals surface area (Å²) in [6.07, 6.45) is 0. The van der Waals surface area contributed by atoms with Gasteiger partial charge in [0.2, 0.25) is 0 Å². The highest BCUT2D eigenvalue weighted by atomic mass is 16.3. The first-order chi connectivity index (χ1) is 8.25. The Morgan fingerprint density at radius 2 is 1.71 bits per heavy atom. The van der Waals surface area contributed by atoms with Gasteiger partial charge in [0.1, 0.15) is 11.8 Å². The van der Waals surface area contributed by atoms with Gasteiger partial charge in [-0.15, -0.1) is 0 Å². The summed E-state index contributed by atoms with van der Waals surface area (Å²) in [6.45, 7) is 0. The van der Waals surface area contributed by atoms with E-state index in [4.69, 9.17) is 0 Å². The normalized spacial score (nSPS) is 17.6. The van der Waals surface area contributed by atoms with Crippen molar-refractivity contribution in [3.05, 3.63) is 59.7 Å². The standard InChI is InChI=1S/C14H11NO2/c16-10-7-5-9(6-8-10)13-14(17)11-3-1-2-4-12(11)15-13/h1-8,13,15-16H. The number of phenolic OH excluding ortho intramolecular Hbond substituents is 1. The summed E-state index contributed by atoms with van der Waals surface area (Å²) in [4.78, 5) is 12.2. The zero-order valence-corrected chi connectivity index (χ0v) is 9.05. The quantitative estimate of drug-likeness (QED) is 0.784. The molecule has 0 aliphatic carbocycles. The van der Waals surface area contributed by atoms with Gasteiger partial charge < -0.3 is 10.4 Å². The third kappa shape index (κ3) is 1.56. The van der Waals surface area contributed by atoms with Crippen LogP contribution in [0.25, 0.3) is 0 Å². The van der Waals surface area contributed by atoms with Crippen LogP contribution in [0.2, 0.25) is 0 Å². The minimum absolute atomic E-state index is 0.0753. The molecule has 2 N–H and O–H groups in total. The number of carbonyl (C=O) groups is 1. The second-order valence-corrected chi connectivity index (χ2v) is 4.08. The first-order valence-electron chi connectivity index (χ1n) is 5.44. The Bertz CT molecular complexity index is 575. The average Bonchev–Trinajstić information content (AvgIpc) is 2.69. The highest BCUT2D eigenvalue weighted by Gasteiger charge is 2.30. The number of nitrogens with one attached hydrogen (secondary N) is 1. The van der Waals surface area contributed by atoms with E-state index < -0.39 is 0 Å². The van der Waals surface area contributed by atoms with Crippen LogP contribution in [0.5, 0.6) is 5.75 Å². The molecule has 0 aromatic heterocycles. The van der Waals surface area contributed by atoms with Crippen LogP contribution in [0.15, 0.2) is 48.5 Å². The first-order valence-corrected chi connectivity index (χ1v) is 5.44. The number of para-hydroxylation sites is 1. The molecule has 1 unspecified atom stereocenters. The number of ketones is 1. The van der Waals surface area contributed by atoms with Crippen molar-refractivity contribution in [1.82, 2.24) is 0 Å². The van der Waals surface area contributed by atoms with Crippen LogP contribution in [0.4, 0.5) is 5.69 Å². The van der Waals surface area contributed by atoms with Crippen molar-refractivity contribution < 1.29 is 9.90 Å². The van der Waals surface area contributed by atoms with Gasteiger partial charge in [-0.05, 0) is 29.8 Å². The molecule has 84 valence electrons. The zero-order chi connectivity index (χ0) is 11.8. The van der Waals surface area contributed by atoms with Gasteiger partial charge in [-0.25, -0.2) is 0 Å². The predicted molar refractivity (Wildman–Crippen MR) is 65.2 cm³/mol. The second kappa shape index (κ2) is 3.63. The Hall–Kier alpha value is -2.29. The van der Waals surface area contributed by atoms with Crippen LogP contribution in [0.1, 0.15) is 22.0 Å². The van der Waals surface area contributed by atoms with Gasteiger partial charge in [-0.3, -0.25) is 4.79 Å². The van der Waals surface area contributed by atoms with E-state index in [2.05, 4.69) is 5.32 Å². The summed E-state index contributed by atoms with van der Waals surface area (Å²) in [5.74, 6) is 0.281. The fourth-order valence-corrected chi connectivity index (χ4v) is 2.10. The molecular formula is C14H11NO2. The fraction of sp³-hybridized carbons (Fsp3) is 0.0714. The number of fused-ring (bicyclic) bond motifs is 1. The molecule has 0 spiro atoms. The fourth-order valence-electron chi connectivity index (χ4n) is 2.10. The molecule has 2 aromatic rings. The number of hydrogen-bond acceptors (Lipinski definition) is 3. The van der Waals surface area contributed by atoms with Gasteiger partial charge >= 0.3 is 0 Å². The van der Waals surface area contributed by atoms with Gasteiger partial charge in [0.25, 0.3) is 0 Å². The third-order valence-electron chi connectivity index (χ3n) is 2.98. The number of rotatable bonds is 1. The van der Waals surface area contributed by atoms with E-state index in [0.29, 0.717) is 0 Å². The molecule has 0 amide bonds. The molecule has 1 atom stereocenters. The molecule has 0 saturated heterocycles. The number of carbonyl (C=O) groups excluding carboxylic acids is 1. The molecule has 17 heavy (non-hydrogen) atoms. The van der Waals surface area contributed by atoms with Crippen LogP contribution >= 0.6 is 0 Å². The average molecular weight is 225 g/mol. The Morgan fingerprint density at radius 3 is 2.41 bits per heavy atom. The van der Waals surface area contributed by atoms with E-state index in [9.17, 15) is 9.90 Å². The molecule has 3 rings (SSSR count). The number of anilines is 1. The van der Waals surface area contributed by atoms with Crippen LogP contribution in [-0.2, 0) is 0 Å². The van der Waals surface area contributed by atoms with Crippen molar-refractivity contribution in [3.8, 4) is 5.75 Å². The summed E-state index contributed by atoms with van der Waals surface area (Å²) in [5, 5.41) is 12.4. The molecule has 0 fully saturated rings. The predicted octanol–water partition coefficient (Wildman–Crippen LogP) is 2.74. The monoisotopic (exact) mass is 225 g/mol. The minimum Gasteiger partial charge on any atom is -0.508 e. The third-order valence-corrected chi connectivity index (χ3v) is 2.98. The molecule has 2 aromatic carbocycles. The summed E-state index contributed by atoms with van der Waals surface area (Å²) >= 11 is 0. The first kappa shape index (κ1) is 9.90. The van der Waals surface area contributed by atoms with Gasteiger partial charge in [0.15, 0.2) is 5.78 Å². The van der Waals surface area contributed by atoms with Crippen molar-refractivity contribution in [2.75, 3.05) is 5.32 Å². The number of aromatic hydroxyl groups is 1. The van der Waals surface area contributed by atoms with Gasteiger partial charge in [0.05, 0.1) is 0 Å². The second-order valence-electron chi connectivity index (χ2n) is 4.08. The molecule has 1 aliphatic heterocycles. The highest BCUT2D eigenvalue weighted by Crippen LogP contribution is 2.34. The number of Topliss-reactive ketones (excluding diaryl/α,β-unsaturated/α-hetero) is 1. The summed E-state index contributed by atoms with van der Waals surface area (Å²) in [7, 11) is 0. The van der Waals surface area contributed by atoms with Gasteiger partial charge in [-0.1, -0.05) is 24.3 Å². The molecule has 0 radical (unpaired) electrons. The zero-order valence-electron chi connectivity index (χ0n) is 9.05. The van der Waals surface area contributed by atoms with Crippen LogP contribution in [-0.4, -0.2) is 10.9 Å². The Kier molecular flexibility index (Phi) is 2.11. The van der Waals surface area contributed by atoms with Gasteiger partial charge in [0, 0.05) is 11.3 Å². The van der Waals surface area contributed by atoms with E-state index in [1.54, 1.807) is 24.3 Å². The number of benzene rings is 2. The number of phenols is 1. The summed E-state index contributed by atoms with van der Waals surface area (Å²) < 4.78 is 0. The van der Waals surface area contributed by atoms with Gasteiger partial charge in [-0.2, -0.15) is 0 Å². The maximum absolute atomic E-state index is 12.2. The lowest BCUT2D eigenvalue weighted by Gasteiger charge is -2.10. The summed E-state index contributed by atoms with van der Waals surface area (Å²) in [5.41, 5.74) is 2.46. The smallest absolute Gasteiger partial charge is 0.191 e. The molecule has 3 nitrogen and oxygen atoms in total. The molecule has 0 bridgehead atoms. The van der Waals surface area contributed by atoms with Crippen molar-refractivity contribution in [2.45, 2.75) is 6.04 Å². The molecule has 3 heteroatoms. The lowest BCUT2D eigenvalue weighted by atomic mass is 10.0. The Balaban J connectivity index is 1.99. The Morgan fingerprint density at radius 1 is 1.00 bits per heavy atom. The van der Waals surface area contributed by atoms with E-state index in [0.717, 1.165) is 16.8 Å². The lowest BCUT2D eigenvalue weighted by Crippen LogP contribution is -2.12. The van der Waals surface area contributed by atoms with E-state index in [-0.39, 0.29) is 17.6 Å². The van der Waals surface area contributed by atoms with Crippen LogP contribution < -0.4 is 5.32 Å². The topological polar surface area (TPSA) is 49.3 Å². The van der Waals surface area contributed by atoms with Crippen molar-refractivity contribution >= 4 is 11.5 Å². The van der Waals surface area contributed by atoms with E-state index in [1.807, 2.05) is 24.3 Å². The largest absolute Gasteiger partial charge is 0.508 e. The van der Waals surface area contributed by atoms with E-state index in [1.165, 1.54) is 0 Å². The minimum atomic E-state index is -0.340. The molecule has 1 heterocycles.